The summed E-state index contributed by atoms with van der Waals surface area (Å²) in [6.07, 6.45) is 1.76. The maximum absolute atomic E-state index is 13.1. The highest BCUT2D eigenvalue weighted by atomic mass is 19.1. The molecule has 28 heavy (non-hydrogen) atoms. The van der Waals surface area contributed by atoms with E-state index in [-0.39, 0.29) is 17.6 Å². The number of halogens is 1. The van der Waals surface area contributed by atoms with Crippen LogP contribution in [-0.4, -0.2) is 36.5 Å². The second-order valence-electron chi connectivity index (χ2n) is 6.99. The number of amides is 1. The predicted molar refractivity (Wildman–Crippen MR) is 105 cm³/mol. The first-order valence-electron chi connectivity index (χ1n) is 9.60. The number of likely N-dealkylation sites (tertiary alicyclic amines) is 1. The summed E-state index contributed by atoms with van der Waals surface area (Å²) in [5, 5.41) is 2.92. The van der Waals surface area contributed by atoms with Crippen molar-refractivity contribution in [3.8, 4) is 0 Å². The smallest absolute Gasteiger partial charge is 0.338 e. The standard InChI is InChI=1S/C22H25FN2O3/c1-2-28-22(27)17-5-3-7-20(13-17)24-21(26)18-6-4-12-25(15-18)14-16-8-10-19(23)11-9-16/h3,5,7-11,13,18H,2,4,6,12,14-15H2,1H3,(H,24,26). The van der Waals surface area contributed by atoms with E-state index in [2.05, 4.69) is 10.2 Å². The van der Waals surface area contributed by atoms with E-state index in [1.165, 1.54) is 12.1 Å². The van der Waals surface area contributed by atoms with Gasteiger partial charge in [-0.05, 0) is 62.2 Å². The normalized spacial score (nSPS) is 17.1. The highest BCUT2D eigenvalue weighted by Gasteiger charge is 2.26. The van der Waals surface area contributed by atoms with Gasteiger partial charge in [0.2, 0.25) is 5.91 Å². The molecule has 1 aliphatic rings. The summed E-state index contributed by atoms with van der Waals surface area (Å²) < 4.78 is 18.1. The Hall–Kier alpha value is -2.73. The molecule has 3 rings (SSSR count). The molecule has 1 amide bonds. The molecule has 2 aromatic rings. The van der Waals surface area contributed by atoms with Crippen molar-refractivity contribution < 1.29 is 18.7 Å². The molecule has 1 N–H and O–H groups in total. The van der Waals surface area contributed by atoms with Crippen molar-refractivity contribution in [2.75, 3.05) is 25.0 Å². The van der Waals surface area contributed by atoms with E-state index in [0.717, 1.165) is 24.9 Å². The van der Waals surface area contributed by atoms with E-state index in [9.17, 15) is 14.0 Å². The highest BCUT2D eigenvalue weighted by Crippen LogP contribution is 2.21. The lowest BCUT2D eigenvalue weighted by atomic mass is 9.96. The Labute approximate surface area is 164 Å². The van der Waals surface area contributed by atoms with Crippen LogP contribution in [0.1, 0.15) is 35.7 Å². The molecular formula is C22H25FN2O3. The van der Waals surface area contributed by atoms with E-state index in [1.807, 2.05) is 0 Å². The molecule has 5 nitrogen and oxygen atoms in total. The van der Waals surface area contributed by atoms with Gasteiger partial charge in [-0.2, -0.15) is 0 Å². The van der Waals surface area contributed by atoms with Gasteiger partial charge in [0.15, 0.2) is 0 Å². The van der Waals surface area contributed by atoms with E-state index in [4.69, 9.17) is 4.74 Å². The molecule has 1 aliphatic heterocycles. The van der Waals surface area contributed by atoms with E-state index in [1.54, 1.807) is 43.3 Å². The molecule has 1 atom stereocenters. The summed E-state index contributed by atoms with van der Waals surface area (Å²) in [6, 6.07) is 13.3. The van der Waals surface area contributed by atoms with Gasteiger partial charge >= 0.3 is 5.97 Å². The van der Waals surface area contributed by atoms with Gasteiger partial charge in [-0.15, -0.1) is 0 Å². The fraction of sp³-hybridized carbons (Fsp3) is 0.364. The first-order valence-corrected chi connectivity index (χ1v) is 9.60. The minimum absolute atomic E-state index is 0.0511. The third-order valence-corrected chi connectivity index (χ3v) is 4.84. The topological polar surface area (TPSA) is 58.6 Å². The van der Waals surface area contributed by atoms with Gasteiger partial charge in [-0.1, -0.05) is 18.2 Å². The number of hydrogen-bond acceptors (Lipinski definition) is 4. The van der Waals surface area contributed by atoms with Gasteiger partial charge in [-0.3, -0.25) is 9.69 Å². The van der Waals surface area contributed by atoms with E-state index < -0.39 is 5.97 Å². The average Bonchev–Trinajstić information content (AvgIpc) is 2.70. The average molecular weight is 384 g/mol. The molecule has 0 aliphatic carbocycles. The zero-order valence-corrected chi connectivity index (χ0v) is 16.0. The maximum atomic E-state index is 13.1. The lowest BCUT2D eigenvalue weighted by Crippen LogP contribution is -2.40. The number of nitrogens with zero attached hydrogens (tertiary/aromatic N) is 1. The molecule has 148 valence electrons. The van der Waals surface area contributed by atoms with E-state index >= 15 is 0 Å². The largest absolute Gasteiger partial charge is 0.462 e. The Bertz CT molecular complexity index is 823. The summed E-state index contributed by atoms with van der Waals surface area (Å²) >= 11 is 0. The van der Waals surface area contributed by atoms with Gasteiger partial charge in [0.05, 0.1) is 18.1 Å². The van der Waals surface area contributed by atoms with Crippen LogP contribution in [0.25, 0.3) is 0 Å². The van der Waals surface area contributed by atoms with Crippen LogP contribution >= 0.6 is 0 Å². The Morgan fingerprint density at radius 2 is 2.00 bits per heavy atom. The minimum Gasteiger partial charge on any atom is -0.462 e. The zero-order chi connectivity index (χ0) is 19.9. The van der Waals surface area contributed by atoms with Crippen LogP contribution in [0, 0.1) is 11.7 Å². The van der Waals surface area contributed by atoms with Crippen molar-refractivity contribution in [1.82, 2.24) is 4.90 Å². The number of nitrogens with one attached hydrogen (secondary N) is 1. The van der Waals surface area contributed by atoms with Crippen LogP contribution in [-0.2, 0) is 16.1 Å². The minimum atomic E-state index is -0.401. The zero-order valence-electron chi connectivity index (χ0n) is 16.0. The Morgan fingerprint density at radius 1 is 1.21 bits per heavy atom. The molecule has 0 bridgehead atoms. The van der Waals surface area contributed by atoms with Crippen LogP contribution in [0.3, 0.4) is 0 Å². The molecule has 1 saturated heterocycles. The quantitative estimate of drug-likeness (QED) is 0.769. The van der Waals surface area contributed by atoms with Crippen molar-refractivity contribution in [2.24, 2.45) is 5.92 Å². The fourth-order valence-electron chi connectivity index (χ4n) is 3.44. The maximum Gasteiger partial charge on any atom is 0.338 e. The van der Waals surface area contributed by atoms with Crippen molar-refractivity contribution >= 4 is 17.6 Å². The highest BCUT2D eigenvalue weighted by molar-refractivity contribution is 5.95. The van der Waals surface area contributed by atoms with Gasteiger partial charge in [0, 0.05) is 18.8 Å². The molecule has 2 aromatic carbocycles. The van der Waals surface area contributed by atoms with Gasteiger partial charge in [-0.25, -0.2) is 9.18 Å². The molecule has 0 radical (unpaired) electrons. The first-order chi connectivity index (χ1) is 13.5. The molecule has 1 heterocycles. The summed E-state index contributed by atoms with van der Waals surface area (Å²) in [5.41, 5.74) is 2.04. The molecule has 0 aromatic heterocycles. The monoisotopic (exact) mass is 384 g/mol. The van der Waals surface area contributed by atoms with Crippen LogP contribution in [0.2, 0.25) is 0 Å². The SMILES string of the molecule is CCOC(=O)c1cccc(NC(=O)C2CCCN(Cc3ccc(F)cc3)C2)c1. The summed E-state index contributed by atoms with van der Waals surface area (Å²) in [7, 11) is 0. The fourth-order valence-corrected chi connectivity index (χ4v) is 3.44. The molecule has 0 saturated carbocycles. The molecular weight excluding hydrogens is 359 g/mol. The van der Waals surface area contributed by atoms with Crippen LogP contribution in [0.4, 0.5) is 10.1 Å². The summed E-state index contributed by atoms with van der Waals surface area (Å²) in [4.78, 5) is 26.8. The third kappa shape index (κ3) is 5.39. The van der Waals surface area contributed by atoms with E-state index in [0.29, 0.717) is 30.9 Å². The number of ether oxygens (including phenoxy) is 1. The number of carbonyl (C=O) groups is 2. The van der Waals surface area contributed by atoms with Crippen LogP contribution in [0.15, 0.2) is 48.5 Å². The van der Waals surface area contributed by atoms with Gasteiger partial charge in [0.1, 0.15) is 5.82 Å². The summed E-state index contributed by atoms with van der Waals surface area (Å²) in [6.45, 7) is 4.33. The number of anilines is 1. The number of rotatable bonds is 6. The number of benzene rings is 2. The lowest BCUT2D eigenvalue weighted by Gasteiger charge is -2.32. The Kier molecular flexibility index (Phi) is 6.76. The first kappa shape index (κ1) is 20.0. The Morgan fingerprint density at radius 3 is 2.75 bits per heavy atom. The van der Waals surface area contributed by atoms with Crippen molar-refractivity contribution in [3.63, 3.8) is 0 Å². The second kappa shape index (κ2) is 9.46. The van der Waals surface area contributed by atoms with Crippen molar-refractivity contribution in [2.45, 2.75) is 26.3 Å². The number of esters is 1. The third-order valence-electron chi connectivity index (χ3n) is 4.84. The molecule has 1 fully saturated rings. The van der Waals surface area contributed by atoms with Crippen LogP contribution < -0.4 is 5.32 Å². The molecule has 0 spiro atoms. The summed E-state index contributed by atoms with van der Waals surface area (Å²) in [5.74, 6) is -0.823. The number of hydrogen-bond donors (Lipinski definition) is 1. The molecule has 6 heteroatoms. The van der Waals surface area contributed by atoms with Crippen molar-refractivity contribution in [3.05, 3.63) is 65.5 Å². The number of carbonyl (C=O) groups excluding carboxylic acids is 2. The number of piperidine rings is 1. The second-order valence-corrected chi connectivity index (χ2v) is 6.99. The van der Waals surface area contributed by atoms with Crippen LogP contribution in [0.5, 0.6) is 0 Å². The Balaban J connectivity index is 1.59. The van der Waals surface area contributed by atoms with Gasteiger partial charge < -0.3 is 10.1 Å². The van der Waals surface area contributed by atoms with Gasteiger partial charge in [0.25, 0.3) is 0 Å². The lowest BCUT2D eigenvalue weighted by molar-refractivity contribution is -0.121. The molecule has 1 unspecified atom stereocenters. The predicted octanol–water partition coefficient (Wildman–Crippen LogP) is 3.85. The van der Waals surface area contributed by atoms with Crippen molar-refractivity contribution in [1.29, 1.82) is 0 Å².